The van der Waals surface area contributed by atoms with Gasteiger partial charge in [-0.05, 0) is 46.1 Å². The van der Waals surface area contributed by atoms with Crippen molar-refractivity contribution in [3.05, 3.63) is 58.3 Å². The summed E-state index contributed by atoms with van der Waals surface area (Å²) in [7, 11) is 0. The van der Waals surface area contributed by atoms with Crippen molar-refractivity contribution in [3.63, 3.8) is 0 Å². The molecule has 0 aliphatic carbocycles. The fourth-order valence-electron chi connectivity index (χ4n) is 2.27. The molecule has 1 atom stereocenters. The first-order chi connectivity index (χ1) is 9.75. The van der Waals surface area contributed by atoms with Crippen molar-refractivity contribution in [1.82, 2.24) is 10.3 Å². The Labute approximate surface area is 130 Å². The summed E-state index contributed by atoms with van der Waals surface area (Å²) in [5, 5.41) is 3.09. The van der Waals surface area contributed by atoms with Gasteiger partial charge in [0, 0.05) is 21.3 Å². The average Bonchev–Trinajstić information content (AvgIpc) is 2.48. The lowest BCUT2D eigenvalue weighted by atomic mass is 10.0. The van der Waals surface area contributed by atoms with Gasteiger partial charge in [-0.3, -0.25) is 4.79 Å². The monoisotopic (exact) mass is 348 g/mol. The predicted molar refractivity (Wildman–Crippen MR) is 83.9 cm³/mol. The molecule has 1 amide bonds. The number of rotatable bonds is 2. The number of hydrogen-bond donors (Lipinski definition) is 1. The Morgan fingerprint density at radius 1 is 1.30 bits per heavy atom. The minimum Gasteiger partial charge on any atom is -0.344 e. The van der Waals surface area contributed by atoms with Crippen LogP contribution in [0.3, 0.4) is 0 Å². The maximum absolute atomic E-state index is 12.3. The zero-order valence-electron chi connectivity index (χ0n) is 10.7. The van der Waals surface area contributed by atoms with Crippen LogP contribution in [0.2, 0.25) is 0 Å². The van der Waals surface area contributed by atoms with Gasteiger partial charge in [0.2, 0.25) is 0 Å². The molecule has 5 heteroatoms. The molecule has 0 saturated carbocycles. The normalized spacial score (nSPS) is 17.4. The molecule has 1 aromatic carbocycles. The van der Waals surface area contributed by atoms with Crippen LogP contribution in [0.15, 0.2) is 52.0 Å². The third-order valence-corrected chi connectivity index (χ3v) is 5.00. The van der Waals surface area contributed by atoms with Crippen molar-refractivity contribution in [2.75, 3.05) is 5.75 Å². The number of amides is 1. The van der Waals surface area contributed by atoms with Gasteiger partial charge in [0.1, 0.15) is 5.69 Å². The fraction of sp³-hybridized carbons (Fsp3) is 0.200. The second kappa shape index (κ2) is 5.97. The van der Waals surface area contributed by atoms with Crippen LogP contribution in [0.5, 0.6) is 0 Å². The van der Waals surface area contributed by atoms with Crippen LogP contribution in [0, 0.1) is 0 Å². The minimum atomic E-state index is -0.135. The van der Waals surface area contributed by atoms with Crippen molar-refractivity contribution >= 4 is 33.6 Å². The second-order valence-electron chi connectivity index (χ2n) is 4.53. The number of benzene rings is 1. The molecule has 2 heterocycles. The van der Waals surface area contributed by atoms with Crippen molar-refractivity contribution in [2.24, 2.45) is 0 Å². The van der Waals surface area contributed by atoms with E-state index in [9.17, 15) is 4.79 Å². The zero-order valence-corrected chi connectivity index (χ0v) is 13.1. The molecule has 20 heavy (non-hydrogen) atoms. The van der Waals surface area contributed by atoms with E-state index in [-0.39, 0.29) is 11.9 Å². The number of pyridine rings is 1. The van der Waals surface area contributed by atoms with E-state index in [1.807, 2.05) is 30.0 Å². The lowest BCUT2D eigenvalue weighted by Gasteiger charge is -2.25. The van der Waals surface area contributed by atoms with Crippen molar-refractivity contribution < 1.29 is 4.79 Å². The van der Waals surface area contributed by atoms with Gasteiger partial charge in [-0.15, -0.1) is 11.8 Å². The van der Waals surface area contributed by atoms with Crippen LogP contribution in [0.25, 0.3) is 0 Å². The molecule has 3 rings (SSSR count). The highest BCUT2D eigenvalue weighted by Gasteiger charge is 2.23. The topological polar surface area (TPSA) is 42.0 Å². The quantitative estimate of drug-likeness (QED) is 0.897. The first-order valence-electron chi connectivity index (χ1n) is 6.39. The zero-order chi connectivity index (χ0) is 13.9. The molecule has 0 bridgehead atoms. The molecule has 1 aliphatic heterocycles. The van der Waals surface area contributed by atoms with E-state index in [1.54, 1.807) is 12.3 Å². The first kappa shape index (κ1) is 13.6. The number of nitrogens with one attached hydrogen (secondary N) is 1. The highest BCUT2D eigenvalue weighted by molar-refractivity contribution is 9.10. The molecule has 3 nitrogen and oxygen atoms in total. The summed E-state index contributed by atoms with van der Waals surface area (Å²) in [6, 6.07) is 11.9. The first-order valence-corrected chi connectivity index (χ1v) is 8.16. The SMILES string of the molecule is O=C(NC1CCSc2ccccc21)c1ncccc1Br. The molecule has 0 spiro atoms. The van der Waals surface area contributed by atoms with E-state index in [2.05, 4.69) is 38.4 Å². The summed E-state index contributed by atoms with van der Waals surface area (Å²) in [6.07, 6.45) is 2.57. The van der Waals surface area contributed by atoms with E-state index in [0.29, 0.717) is 5.69 Å². The molecule has 1 N–H and O–H groups in total. The highest BCUT2D eigenvalue weighted by atomic mass is 79.9. The molecule has 102 valence electrons. The number of fused-ring (bicyclic) bond motifs is 1. The van der Waals surface area contributed by atoms with Gasteiger partial charge < -0.3 is 5.32 Å². The van der Waals surface area contributed by atoms with Gasteiger partial charge in [0.05, 0.1) is 6.04 Å². The molecule has 0 fully saturated rings. The maximum atomic E-state index is 12.3. The van der Waals surface area contributed by atoms with Crippen molar-refractivity contribution in [1.29, 1.82) is 0 Å². The summed E-state index contributed by atoms with van der Waals surface area (Å²) in [5.74, 6) is 0.884. The molecule has 1 aliphatic rings. The van der Waals surface area contributed by atoms with Gasteiger partial charge in [0.25, 0.3) is 5.91 Å². The molecule has 2 aromatic rings. The molecular formula is C15H13BrN2OS. The van der Waals surface area contributed by atoms with Gasteiger partial charge in [-0.2, -0.15) is 0 Å². The van der Waals surface area contributed by atoms with E-state index >= 15 is 0 Å². The fourth-order valence-corrected chi connectivity index (χ4v) is 3.83. The Morgan fingerprint density at radius 2 is 2.15 bits per heavy atom. The number of nitrogens with zero attached hydrogens (tertiary/aromatic N) is 1. The van der Waals surface area contributed by atoms with Gasteiger partial charge in [0.15, 0.2) is 0 Å². The number of hydrogen-bond acceptors (Lipinski definition) is 3. The van der Waals surface area contributed by atoms with E-state index in [0.717, 1.165) is 16.6 Å². The van der Waals surface area contributed by atoms with Crippen LogP contribution in [-0.4, -0.2) is 16.6 Å². The smallest absolute Gasteiger partial charge is 0.271 e. The average molecular weight is 349 g/mol. The minimum absolute atomic E-state index is 0.0638. The number of carbonyl (C=O) groups excluding carboxylic acids is 1. The highest BCUT2D eigenvalue weighted by Crippen LogP contribution is 2.35. The predicted octanol–water partition coefficient (Wildman–Crippen LogP) is 3.81. The lowest BCUT2D eigenvalue weighted by molar-refractivity contribution is 0.0929. The molecule has 0 radical (unpaired) electrons. The second-order valence-corrected chi connectivity index (χ2v) is 6.53. The molecule has 0 saturated heterocycles. The largest absolute Gasteiger partial charge is 0.344 e. The maximum Gasteiger partial charge on any atom is 0.271 e. The van der Waals surface area contributed by atoms with E-state index in [4.69, 9.17) is 0 Å². The molecule has 1 unspecified atom stereocenters. The van der Waals surface area contributed by atoms with Crippen molar-refractivity contribution in [3.8, 4) is 0 Å². The van der Waals surface area contributed by atoms with Crippen LogP contribution < -0.4 is 5.32 Å². The number of carbonyl (C=O) groups is 1. The Morgan fingerprint density at radius 3 is 3.00 bits per heavy atom. The standard InChI is InChI=1S/C15H13BrN2OS/c16-11-5-3-8-17-14(11)15(19)18-12-7-9-20-13-6-2-1-4-10(12)13/h1-6,8,12H,7,9H2,(H,18,19). The summed E-state index contributed by atoms with van der Waals surface area (Å²) < 4.78 is 0.718. The van der Waals surface area contributed by atoms with Crippen molar-refractivity contribution in [2.45, 2.75) is 17.4 Å². The third kappa shape index (κ3) is 2.74. The lowest BCUT2D eigenvalue weighted by Crippen LogP contribution is -2.31. The molecular weight excluding hydrogens is 336 g/mol. The number of aromatic nitrogens is 1. The van der Waals surface area contributed by atoms with Crippen LogP contribution in [0.1, 0.15) is 28.5 Å². The van der Waals surface area contributed by atoms with Gasteiger partial charge >= 0.3 is 0 Å². The number of thioether (sulfide) groups is 1. The van der Waals surface area contributed by atoms with Crippen LogP contribution in [0.4, 0.5) is 0 Å². The van der Waals surface area contributed by atoms with Gasteiger partial charge in [-0.1, -0.05) is 18.2 Å². The Bertz CT molecular complexity index is 647. The third-order valence-electron chi connectivity index (χ3n) is 3.24. The Balaban J connectivity index is 1.83. The summed E-state index contributed by atoms with van der Waals surface area (Å²) in [5.41, 5.74) is 1.63. The molecule has 1 aromatic heterocycles. The summed E-state index contributed by atoms with van der Waals surface area (Å²) in [6.45, 7) is 0. The Kier molecular flexibility index (Phi) is 4.08. The van der Waals surface area contributed by atoms with Gasteiger partial charge in [-0.25, -0.2) is 4.98 Å². The summed E-state index contributed by atoms with van der Waals surface area (Å²) >= 11 is 5.21. The summed E-state index contributed by atoms with van der Waals surface area (Å²) in [4.78, 5) is 17.7. The van der Waals surface area contributed by atoms with Crippen LogP contribution >= 0.6 is 27.7 Å². The van der Waals surface area contributed by atoms with Crippen LogP contribution in [-0.2, 0) is 0 Å². The van der Waals surface area contributed by atoms with E-state index in [1.165, 1.54) is 10.5 Å². The Hall–Kier alpha value is -1.33. The van der Waals surface area contributed by atoms with E-state index < -0.39 is 0 Å². The number of halogens is 1.